The number of hydrogen-bond acceptors (Lipinski definition) is 2. The van der Waals surface area contributed by atoms with Crippen LogP contribution in [0.25, 0.3) is 9.75 Å². The second-order valence-electron chi connectivity index (χ2n) is 2.51. The summed E-state index contributed by atoms with van der Waals surface area (Å²) in [6.45, 7) is 2.15. The predicted molar refractivity (Wildman–Crippen MR) is 65.1 cm³/mol. The highest BCUT2D eigenvalue weighted by Gasteiger charge is 2.02. The van der Waals surface area contributed by atoms with Gasteiger partial charge < -0.3 is 0 Å². The van der Waals surface area contributed by atoms with Crippen molar-refractivity contribution in [1.29, 1.82) is 0 Å². The van der Waals surface area contributed by atoms with Gasteiger partial charge in [0, 0.05) is 14.6 Å². The van der Waals surface area contributed by atoms with Crippen molar-refractivity contribution in [3.8, 4) is 9.75 Å². The minimum atomic E-state index is 1.36. The van der Waals surface area contributed by atoms with Gasteiger partial charge in [-0.3, -0.25) is 0 Å². The maximum absolute atomic E-state index is 2.36. The van der Waals surface area contributed by atoms with Crippen molar-refractivity contribution in [2.75, 3.05) is 0 Å². The topological polar surface area (TPSA) is 0 Å². The van der Waals surface area contributed by atoms with Crippen LogP contribution < -0.4 is 0 Å². The van der Waals surface area contributed by atoms with Gasteiger partial charge in [0.2, 0.25) is 0 Å². The fourth-order valence-corrected chi connectivity index (χ4v) is 3.59. The van der Waals surface area contributed by atoms with E-state index in [1.165, 1.54) is 17.5 Å². The highest BCUT2D eigenvalue weighted by molar-refractivity contribution is 14.1. The van der Waals surface area contributed by atoms with E-state index in [0.29, 0.717) is 0 Å². The zero-order valence-electron chi connectivity index (χ0n) is 6.50. The van der Waals surface area contributed by atoms with E-state index in [4.69, 9.17) is 0 Å². The average Bonchev–Trinajstić information content (AvgIpc) is 2.58. The van der Waals surface area contributed by atoms with Crippen LogP contribution in [-0.4, -0.2) is 0 Å². The number of aryl methyl sites for hydroxylation is 1. The van der Waals surface area contributed by atoms with E-state index in [1.807, 2.05) is 22.7 Å². The van der Waals surface area contributed by atoms with Gasteiger partial charge in [0.25, 0.3) is 0 Å². The minimum absolute atomic E-state index is 1.36. The Bertz CT molecular complexity index is 348. The monoisotopic (exact) mass is 306 g/mol. The third-order valence-corrected chi connectivity index (χ3v) is 4.65. The number of thiophene rings is 2. The molecule has 0 spiro atoms. The Kier molecular flexibility index (Phi) is 2.52. The summed E-state index contributed by atoms with van der Waals surface area (Å²) in [6.07, 6.45) is 0. The van der Waals surface area contributed by atoms with Gasteiger partial charge >= 0.3 is 0 Å². The molecule has 2 aromatic rings. The van der Waals surface area contributed by atoms with Gasteiger partial charge in [0.05, 0.1) is 2.88 Å². The van der Waals surface area contributed by atoms with Crippen molar-refractivity contribution in [1.82, 2.24) is 0 Å². The predicted octanol–water partition coefficient (Wildman–Crippen LogP) is 4.39. The Balaban J connectivity index is 2.43. The van der Waals surface area contributed by atoms with Crippen LogP contribution in [0.5, 0.6) is 0 Å². The van der Waals surface area contributed by atoms with Crippen LogP contribution in [0.4, 0.5) is 0 Å². The molecule has 0 N–H and O–H groups in total. The molecule has 62 valence electrons. The third kappa shape index (κ3) is 1.72. The number of halogens is 1. The molecule has 0 aliphatic rings. The molecule has 0 aliphatic heterocycles. The SMILES string of the molecule is Cc1ccc(-c2ccc(I)s2)s1. The molecule has 0 aliphatic carbocycles. The first-order valence-electron chi connectivity index (χ1n) is 3.58. The molecule has 0 atom stereocenters. The first-order valence-corrected chi connectivity index (χ1v) is 6.29. The smallest absolute Gasteiger partial charge is 0.0660 e. The van der Waals surface area contributed by atoms with Crippen LogP contribution >= 0.6 is 45.3 Å². The zero-order chi connectivity index (χ0) is 8.55. The van der Waals surface area contributed by atoms with E-state index in [0.717, 1.165) is 0 Å². The van der Waals surface area contributed by atoms with Gasteiger partial charge in [0.15, 0.2) is 0 Å². The van der Waals surface area contributed by atoms with Gasteiger partial charge in [-0.15, -0.1) is 22.7 Å². The molecule has 0 unspecified atom stereocenters. The summed E-state index contributed by atoms with van der Waals surface area (Å²) in [5.41, 5.74) is 0. The highest BCUT2D eigenvalue weighted by Crippen LogP contribution is 2.33. The fraction of sp³-hybridized carbons (Fsp3) is 0.111. The van der Waals surface area contributed by atoms with Crippen molar-refractivity contribution < 1.29 is 0 Å². The van der Waals surface area contributed by atoms with Crippen molar-refractivity contribution >= 4 is 45.3 Å². The lowest BCUT2D eigenvalue weighted by Gasteiger charge is -1.86. The van der Waals surface area contributed by atoms with Gasteiger partial charge in [-0.1, -0.05) is 0 Å². The summed E-state index contributed by atoms with van der Waals surface area (Å²) < 4.78 is 1.36. The molecular formula is C9H7IS2. The molecule has 3 heteroatoms. The molecule has 0 saturated heterocycles. The summed E-state index contributed by atoms with van der Waals surface area (Å²) in [5.74, 6) is 0. The number of hydrogen-bond donors (Lipinski definition) is 0. The molecule has 2 rings (SSSR count). The van der Waals surface area contributed by atoms with Crippen LogP contribution in [0.1, 0.15) is 4.88 Å². The lowest BCUT2D eigenvalue weighted by atomic mass is 10.4. The lowest BCUT2D eigenvalue weighted by Crippen LogP contribution is -1.55. The number of rotatable bonds is 1. The molecule has 0 bridgehead atoms. The van der Waals surface area contributed by atoms with Crippen LogP contribution in [-0.2, 0) is 0 Å². The normalized spacial score (nSPS) is 10.5. The molecule has 0 radical (unpaired) electrons. The molecule has 0 aromatic carbocycles. The Morgan fingerprint density at radius 2 is 1.67 bits per heavy atom. The molecule has 0 nitrogen and oxygen atoms in total. The molecule has 2 aromatic heterocycles. The largest absolute Gasteiger partial charge is 0.140 e. The third-order valence-electron chi connectivity index (χ3n) is 1.56. The van der Waals surface area contributed by atoms with Crippen LogP contribution in [0.15, 0.2) is 24.3 Å². The van der Waals surface area contributed by atoms with Crippen molar-refractivity contribution in [3.05, 3.63) is 32.0 Å². The van der Waals surface area contributed by atoms with Gasteiger partial charge in [0.1, 0.15) is 0 Å². The Morgan fingerprint density at radius 1 is 1.00 bits per heavy atom. The average molecular weight is 306 g/mol. The van der Waals surface area contributed by atoms with E-state index in [-0.39, 0.29) is 0 Å². The molecule has 0 amide bonds. The molecule has 12 heavy (non-hydrogen) atoms. The molecule has 0 saturated carbocycles. The Hall–Kier alpha value is 0.130. The Morgan fingerprint density at radius 3 is 2.17 bits per heavy atom. The zero-order valence-corrected chi connectivity index (χ0v) is 10.3. The summed E-state index contributed by atoms with van der Waals surface area (Å²) in [4.78, 5) is 4.16. The summed E-state index contributed by atoms with van der Waals surface area (Å²) in [6, 6.07) is 8.72. The summed E-state index contributed by atoms with van der Waals surface area (Å²) in [5, 5.41) is 0. The maximum atomic E-state index is 2.36. The van der Waals surface area contributed by atoms with Gasteiger partial charge in [-0.2, -0.15) is 0 Å². The molecule has 2 heterocycles. The van der Waals surface area contributed by atoms with E-state index in [9.17, 15) is 0 Å². The standard InChI is InChI=1S/C9H7IS2/c1-6-2-3-7(11-6)8-4-5-9(10)12-8/h2-5H,1H3. The molecular weight excluding hydrogens is 299 g/mol. The first kappa shape index (κ1) is 8.72. The van der Waals surface area contributed by atoms with E-state index >= 15 is 0 Å². The van der Waals surface area contributed by atoms with Crippen molar-refractivity contribution in [2.24, 2.45) is 0 Å². The summed E-state index contributed by atoms with van der Waals surface area (Å²) >= 11 is 6.07. The van der Waals surface area contributed by atoms with Crippen LogP contribution in [0.3, 0.4) is 0 Å². The highest BCUT2D eigenvalue weighted by atomic mass is 127. The van der Waals surface area contributed by atoms with E-state index < -0.39 is 0 Å². The second kappa shape index (κ2) is 3.47. The maximum Gasteiger partial charge on any atom is 0.0660 e. The first-order chi connectivity index (χ1) is 5.75. The molecule has 0 fully saturated rings. The second-order valence-corrected chi connectivity index (χ2v) is 6.78. The van der Waals surface area contributed by atoms with E-state index in [2.05, 4.69) is 53.8 Å². The van der Waals surface area contributed by atoms with Crippen LogP contribution in [0, 0.1) is 9.81 Å². The van der Waals surface area contributed by atoms with E-state index in [1.54, 1.807) is 0 Å². The van der Waals surface area contributed by atoms with Crippen LogP contribution in [0.2, 0.25) is 0 Å². The van der Waals surface area contributed by atoms with Crippen molar-refractivity contribution in [3.63, 3.8) is 0 Å². The summed E-state index contributed by atoms with van der Waals surface area (Å²) in [7, 11) is 0. The van der Waals surface area contributed by atoms with Gasteiger partial charge in [-0.05, 0) is 53.8 Å². The van der Waals surface area contributed by atoms with Crippen molar-refractivity contribution in [2.45, 2.75) is 6.92 Å². The minimum Gasteiger partial charge on any atom is -0.140 e. The Labute approximate surface area is 93.4 Å². The fourth-order valence-electron chi connectivity index (χ4n) is 1.01. The van der Waals surface area contributed by atoms with Gasteiger partial charge in [-0.25, -0.2) is 0 Å². The lowest BCUT2D eigenvalue weighted by molar-refractivity contribution is 1.64. The quantitative estimate of drug-likeness (QED) is 0.686.